The Morgan fingerprint density at radius 1 is 1.19 bits per heavy atom. The fraction of sp³-hybridized carbons (Fsp3) is 0.708. The average Bonchev–Trinajstić information content (AvgIpc) is 3.30. The van der Waals surface area contributed by atoms with Crippen LogP contribution in [0.25, 0.3) is 0 Å². The van der Waals surface area contributed by atoms with Gasteiger partial charge in [0.2, 0.25) is 0 Å². The number of aryl methyl sites for hydroxylation is 1. The van der Waals surface area contributed by atoms with Crippen molar-refractivity contribution in [2.75, 3.05) is 66.6 Å². The third-order valence-corrected chi connectivity index (χ3v) is 6.13. The van der Waals surface area contributed by atoms with E-state index in [0.29, 0.717) is 13.2 Å². The van der Waals surface area contributed by atoms with E-state index in [1.165, 1.54) is 44.7 Å². The summed E-state index contributed by atoms with van der Waals surface area (Å²) >= 11 is 0. The van der Waals surface area contributed by atoms with Gasteiger partial charge in [0, 0.05) is 58.5 Å². The predicted molar refractivity (Wildman–Crippen MR) is 127 cm³/mol. The van der Waals surface area contributed by atoms with E-state index in [9.17, 15) is 0 Å². The van der Waals surface area contributed by atoms with E-state index >= 15 is 0 Å². The Kier molecular flexibility index (Phi) is 9.90. The van der Waals surface area contributed by atoms with E-state index < -0.39 is 0 Å². The van der Waals surface area contributed by atoms with E-state index in [2.05, 4.69) is 57.6 Å². The van der Waals surface area contributed by atoms with Crippen LogP contribution >= 0.6 is 0 Å². The fourth-order valence-electron chi connectivity index (χ4n) is 4.04. The van der Waals surface area contributed by atoms with Crippen molar-refractivity contribution in [2.45, 2.75) is 45.3 Å². The van der Waals surface area contributed by atoms with Crippen LogP contribution in [0, 0.1) is 6.92 Å². The van der Waals surface area contributed by atoms with Crippen LogP contribution in [-0.2, 0) is 11.3 Å². The van der Waals surface area contributed by atoms with Crippen molar-refractivity contribution in [3.8, 4) is 5.75 Å². The Labute approximate surface area is 188 Å². The maximum Gasteiger partial charge on any atom is 0.191 e. The van der Waals surface area contributed by atoms with Gasteiger partial charge in [-0.05, 0) is 57.8 Å². The number of ether oxygens (including phenoxy) is 2. The van der Waals surface area contributed by atoms with E-state index in [1.807, 2.05) is 7.05 Å². The minimum absolute atomic E-state index is 0.224. The number of hydrogen-bond acceptors (Lipinski definition) is 5. The predicted octanol–water partition coefficient (Wildman–Crippen LogP) is 2.25. The zero-order valence-electron chi connectivity index (χ0n) is 19.7. The highest BCUT2D eigenvalue weighted by molar-refractivity contribution is 5.79. The van der Waals surface area contributed by atoms with Gasteiger partial charge in [0.15, 0.2) is 5.96 Å². The molecule has 0 aliphatic carbocycles. The Balaban J connectivity index is 1.36. The van der Waals surface area contributed by atoms with Crippen LogP contribution < -0.4 is 15.4 Å². The molecule has 0 radical (unpaired) electrons. The number of rotatable bonds is 10. The van der Waals surface area contributed by atoms with Crippen LogP contribution in [0.15, 0.2) is 23.2 Å². The largest absolute Gasteiger partial charge is 0.491 e. The summed E-state index contributed by atoms with van der Waals surface area (Å²) in [7, 11) is 4.03. The van der Waals surface area contributed by atoms with E-state index in [-0.39, 0.29) is 6.10 Å². The molecule has 174 valence electrons. The number of likely N-dealkylation sites (N-methyl/N-ethyl adjacent to an activating group) is 1. The number of nitrogens with one attached hydrogen (secondary N) is 2. The van der Waals surface area contributed by atoms with Crippen molar-refractivity contribution < 1.29 is 9.47 Å². The number of hydrogen-bond donors (Lipinski definition) is 2. The third-order valence-electron chi connectivity index (χ3n) is 6.13. The lowest BCUT2D eigenvalue weighted by Crippen LogP contribution is -2.44. The molecule has 0 bridgehead atoms. The fourth-order valence-corrected chi connectivity index (χ4v) is 4.04. The Morgan fingerprint density at radius 3 is 2.77 bits per heavy atom. The first-order valence-electron chi connectivity index (χ1n) is 11.8. The molecule has 1 aromatic carbocycles. The highest BCUT2D eigenvalue weighted by Crippen LogP contribution is 2.22. The molecule has 7 heteroatoms. The summed E-state index contributed by atoms with van der Waals surface area (Å²) in [6, 6.07) is 6.38. The van der Waals surface area contributed by atoms with E-state index in [4.69, 9.17) is 9.47 Å². The molecule has 0 spiro atoms. The summed E-state index contributed by atoms with van der Waals surface area (Å²) < 4.78 is 11.8. The molecule has 2 N–H and O–H groups in total. The second kappa shape index (κ2) is 12.9. The van der Waals surface area contributed by atoms with Gasteiger partial charge in [-0.2, -0.15) is 0 Å². The lowest BCUT2D eigenvalue weighted by atomic mass is 10.1. The second-order valence-corrected chi connectivity index (χ2v) is 8.76. The van der Waals surface area contributed by atoms with Crippen molar-refractivity contribution in [3.05, 3.63) is 29.3 Å². The van der Waals surface area contributed by atoms with Crippen molar-refractivity contribution >= 4 is 5.96 Å². The summed E-state index contributed by atoms with van der Waals surface area (Å²) in [5.74, 6) is 1.77. The van der Waals surface area contributed by atoms with Crippen LogP contribution in [0.5, 0.6) is 5.75 Å². The molecule has 2 heterocycles. The first kappa shape index (κ1) is 23.8. The minimum atomic E-state index is 0.224. The standard InChI is InChI=1S/C24H41N5O2/c1-20-8-9-21(23(17-20)31-19-22-7-6-16-30-22)18-27-24(25-2)26-10-4-5-11-29-14-12-28(3)13-15-29/h8-9,17,22H,4-7,10-16,18-19H2,1-3H3,(H2,25,26,27). The number of guanidine groups is 1. The second-order valence-electron chi connectivity index (χ2n) is 8.76. The molecule has 1 unspecified atom stereocenters. The summed E-state index contributed by atoms with van der Waals surface area (Å²) in [6.45, 7) is 11.1. The molecular formula is C24H41N5O2. The quantitative estimate of drug-likeness (QED) is 0.337. The summed E-state index contributed by atoms with van der Waals surface area (Å²) in [5, 5.41) is 6.87. The van der Waals surface area contributed by atoms with Crippen LogP contribution in [0.1, 0.15) is 36.8 Å². The molecule has 2 aliphatic rings. The van der Waals surface area contributed by atoms with Crippen molar-refractivity contribution in [1.82, 2.24) is 20.4 Å². The van der Waals surface area contributed by atoms with Gasteiger partial charge < -0.3 is 29.9 Å². The normalized spacial score (nSPS) is 20.7. The topological polar surface area (TPSA) is 61.4 Å². The lowest BCUT2D eigenvalue weighted by molar-refractivity contribution is 0.0676. The van der Waals surface area contributed by atoms with Gasteiger partial charge in [-0.25, -0.2) is 0 Å². The molecule has 0 amide bonds. The maximum absolute atomic E-state index is 6.11. The Morgan fingerprint density at radius 2 is 2.03 bits per heavy atom. The van der Waals surface area contributed by atoms with E-state index in [0.717, 1.165) is 49.7 Å². The summed E-state index contributed by atoms with van der Waals surface area (Å²) in [5.41, 5.74) is 2.34. The van der Waals surface area contributed by atoms with Crippen LogP contribution in [0.4, 0.5) is 0 Å². The third kappa shape index (κ3) is 8.31. The molecule has 0 saturated carbocycles. The first-order valence-corrected chi connectivity index (χ1v) is 11.8. The molecule has 2 saturated heterocycles. The average molecular weight is 432 g/mol. The lowest BCUT2D eigenvalue weighted by Gasteiger charge is -2.32. The van der Waals surface area contributed by atoms with Gasteiger partial charge in [-0.3, -0.25) is 4.99 Å². The zero-order chi connectivity index (χ0) is 21.9. The highest BCUT2D eigenvalue weighted by atomic mass is 16.5. The number of benzene rings is 1. The van der Waals surface area contributed by atoms with Crippen molar-refractivity contribution in [1.29, 1.82) is 0 Å². The number of aliphatic imine (C=N–C) groups is 1. The summed E-state index contributed by atoms with van der Waals surface area (Å²) in [6.07, 6.45) is 4.81. The van der Waals surface area contributed by atoms with Crippen molar-refractivity contribution in [2.24, 2.45) is 4.99 Å². The highest BCUT2D eigenvalue weighted by Gasteiger charge is 2.17. The molecular weight excluding hydrogens is 390 g/mol. The first-order chi connectivity index (χ1) is 15.1. The van der Waals surface area contributed by atoms with Crippen LogP contribution in [0.2, 0.25) is 0 Å². The molecule has 2 fully saturated rings. The maximum atomic E-state index is 6.11. The molecule has 1 atom stereocenters. The zero-order valence-corrected chi connectivity index (χ0v) is 19.7. The molecule has 0 aromatic heterocycles. The number of unbranched alkanes of at least 4 members (excludes halogenated alkanes) is 1. The van der Waals surface area contributed by atoms with Gasteiger partial charge >= 0.3 is 0 Å². The summed E-state index contributed by atoms with van der Waals surface area (Å²) in [4.78, 5) is 9.35. The number of nitrogens with zero attached hydrogens (tertiary/aromatic N) is 3. The minimum Gasteiger partial charge on any atom is -0.491 e. The monoisotopic (exact) mass is 431 g/mol. The van der Waals surface area contributed by atoms with Crippen molar-refractivity contribution in [3.63, 3.8) is 0 Å². The molecule has 7 nitrogen and oxygen atoms in total. The van der Waals surface area contributed by atoms with Crippen LogP contribution in [0.3, 0.4) is 0 Å². The molecule has 3 rings (SSSR count). The van der Waals surface area contributed by atoms with Gasteiger partial charge in [0.05, 0.1) is 6.10 Å². The molecule has 2 aliphatic heterocycles. The smallest absolute Gasteiger partial charge is 0.191 e. The van der Waals surface area contributed by atoms with E-state index in [1.54, 1.807) is 0 Å². The van der Waals surface area contributed by atoms with Gasteiger partial charge in [-0.1, -0.05) is 12.1 Å². The molecule has 1 aromatic rings. The van der Waals surface area contributed by atoms with Gasteiger partial charge in [0.25, 0.3) is 0 Å². The number of piperazine rings is 1. The Bertz CT molecular complexity index is 683. The van der Waals surface area contributed by atoms with Gasteiger partial charge in [0.1, 0.15) is 12.4 Å². The molecule has 31 heavy (non-hydrogen) atoms. The SMILES string of the molecule is CN=C(NCCCCN1CCN(C)CC1)NCc1ccc(C)cc1OCC1CCCO1. The Hall–Kier alpha value is -1.83. The van der Waals surface area contributed by atoms with Crippen LogP contribution in [-0.4, -0.2) is 88.4 Å². The van der Waals surface area contributed by atoms with Gasteiger partial charge in [-0.15, -0.1) is 0 Å².